The van der Waals surface area contributed by atoms with E-state index in [1.807, 2.05) is 27.0 Å². The Morgan fingerprint density at radius 3 is 2.77 bits per heavy atom. The highest BCUT2D eigenvalue weighted by Crippen LogP contribution is 2.08. The normalized spacial score (nSPS) is 10.8. The second-order valence-corrected chi connectivity index (χ2v) is 3.61. The first-order valence-corrected chi connectivity index (χ1v) is 4.69. The van der Waals surface area contributed by atoms with Crippen LogP contribution in [0.1, 0.15) is 37.6 Å². The van der Waals surface area contributed by atoms with E-state index < -0.39 is 0 Å². The quantitative estimate of drug-likeness (QED) is 0.665. The van der Waals surface area contributed by atoms with E-state index in [4.69, 9.17) is 0 Å². The fourth-order valence-electron chi connectivity index (χ4n) is 1.17. The minimum absolute atomic E-state index is 0.190. The number of ketones is 1. The number of nitrogens with zero attached hydrogens (tertiary/aromatic N) is 2. The summed E-state index contributed by atoms with van der Waals surface area (Å²) in [7, 11) is 0. The third-order valence-corrected chi connectivity index (χ3v) is 1.87. The molecule has 1 aromatic heterocycles. The molecule has 0 amide bonds. The number of hydrogen-bond acceptors (Lipinski definition) is 2. The number of aromatic nitrogens is 2. The minimum Gasteiger partial charge on any atom is -0.294 e. The summed E-state index contributed by atoms with van der Waals surface area (Å²) < 4.78 is 1.77. The lowest BCUT2D eigenvalue weighted by atomic mass is 10.0. The summed E-state index contributed by atoms with van der Waals surface area (Å²) in [5.41, 5.74) is 0.732. The fraction of sp³-hybridized carbons (Fsp3) is 0.600. The van der Waals surface area contributed by atoms with E-state index in [1.165, 1.54) is 0 Å². The molecular weight excluding hydrogens is 164 g/mol. The predicted molar refractivity (Wildman–Crippen MR) is 51.7 cm³/mol. The van der Waals surface area contributed by atoms with Gasteiger partial charge in [0.25, 0.3) is 0 Å². The van der Waals surface area contributed by atoms with Gasteiger partial charge in [0.05, 0.1) is 11.8 Å². The van der Waals surface area contributed by atoms with Crippen molar-refractivity contribution < 1.29 is 4.79 Å². The zero-order chi connectivity index (χ0) is 9.84. The number of rotatable bonds is 4. The molecule has 1 rings (SSSR count). The largest absolute Gasteiger partial charge is 0.294 e. The predicted octanol–water partition coefficient (Wildman–Crippen LogP) is 2.13. The molecule has 72 valence electrons. The van der Waals surface area contributed by atoms with E-state index in [2.05, 4.69) is 5.10 Å². The van der Waals surface area contributed by atoms with Crippen LogP contribution in [0.2, 0.25) is 0 Å². The highest BCUT2D eigenvalue weighted by atomic mass is 16.1. The lowest BCUT2D eigenvalue weighted by molar-refractivity contribution is 0.0968. The van der Waals surface area contributed by atoms with Crippen LogP contribution in [0.15, 0.2) is 12.4 Å². The van der Waals surface area contributed by atoms with Gasteiger partial charge in [0.1, 0.15) is 0 Å². The van der Waals surface area contributed by atoms with Gasteiger partial charge in [-0.2, -0.15) is 5.10 Å². The highest BCUT2D eigenvalue weighted by Gasteiger charge is 2.09. The molecule has 13 heavy (non-hydrogen) atoms. The van der Waals surface area contributed by atoms with Gasteiger partial charge in [-0.25, -0.2) is 0 Å². The Balaban J connectivity index is 2.66. The van der Waals surface area contributed by atoms with Crippen molar-refractivity contribution in [1.29, 1.82) is 0 Å². The van der Waals surface area contributed by atoms with Crippen LogP contribution < -0.4 is 0 Å². The molecule has 0 aliphatic heterocycles. The number of hydrogen-bond donors (Lipinski definition) is 0. The second kappa shape index (κ2) is 4.21. The van der Waals surface area contributed by atoms with Crippen LogP contribution in [-0.2, 0) is 6.54 Å². The Hall–Kier alpha value is -1.12. The van der Waals surface area contributed by atoms with E-state index in [0.717, 1.165) is 12.1 Å². The summed E-state index contributed by atoms with van der Waals surface area (Å²) >= 11 is 0. The van der Waals surface area contributed by atoms with Crippen LogP contribution in [0.25, 0.3) is 0 Å². The van der Waals surface area contributed by atoms with Gasteiger partial charge in [-0.15, -0.1) is 0 Å². The number of Topliss-reactive ketones (excluding diaryl/α,β-unsaturated/α-hetero) is 1. The molecule has 1 heterocycles. The molecule has 0 atom stereocenters. The molecule has 0 aromatic carbocycles. The molecular formula is C10H16N2O. The van der Waals surface area contributed by atoms with Gasteiger partial charge in [-0.1, -0.05) is 13.8 Å². The van der Waals surface area contributed by atoms with Crippen molar-refractivity contribution in [2.45, 2.75) is 33.7 Å². The number of aryl methyl sites for hydroxylation is 1. The maximum atomic E-state index is 11.5. The molecule has 0 saturated heterocycles. The number of carbonyl (C=O) groups excluding carboxylic acids is 1. The van der Waals surface area contributed by atoms with Gasteiger partial charge in [0.2, 0.25) is 0 Å². The maximum Gasteiger partial charge on any atom is 0.166 e. The summed E-state index contributed by atoms with van der Waals surface area (Å²) in [5.74, 6) is 0.604. The van der Waals surface area contributed by atoms with Crippen LogP contribution >= 0.6 is 0 Å². The minimum atomic E-state index is 0.190. The van der Waals surface area contributed by atoms with Crippen LogP contribution in [0, 0.1) is 5.92 Å². The molecule has 0 aliphatic rings. The van der Waals surface area contributed by atoms with E-state index in [0.29, 0.717) is 12.3 Å². The maximum absolute atomic E-state index is 11.5. The van der Waals surface area contributed by atoms with Crippen molar-refractivity contribution in [3.63, 3.8) is 0 Å². The third kappa shape index (κ3) is 2.68. The SMILES string of the molecule is CCn1cc(C(=O)CC(C)C)cn1. The van der Waals surface area contributed by atoms with Crippen molar-refractivity contribution >= 4 is 5.78 Å². The monoisotopic (exact) mass is 180 g/mol. The Morgan fingerprint density at radius 2 is 2.31 bits per heavy atom. The average molecular weight is 180 g/mol. The molecule has 3 nitrogen and oxygen atoms in total. The van der Waals surface area contributed by atoms with Crippen LogP contribution in [0.3, 0.4) is 0 Å². The summed E-state index contributed by atoms with van der Waals surface area (Å²) in [6, 6.07) is 0. The zero-order valence-electron chi connectivity index (χ0n) is 8.45. The standard InChI is InChI=1S/C10H16N2O/c1-4-12-7-9(6-11-12)10(13)5-8(2)3/h6-8H,4-5H2,1-3H3. The van der Waals surface area contributed by atoms with E-state index in [9.17, 15) is 4.79 Å². The Bertz CT molecular complexity index is 289. The van der Waals surface area contributed by atoms with Gasteiger partial charge in [-0.05, 0) is 12.8 Å². The topological polar surface area (TPSA) is 34.9 Å². The summed E-state index contributed by atoms with van der Waals surface area (Å²) in [6.45, 7) is 6.91. The number of carbonyl (C=O) groups is 1. The fourth-order valence-corrected chi connectivity index (χ4v) is 1.17. The van der Waals surface area contributed by atoms with Crippen molar-refractivity contribution in [2.75, 3.05) is 0 Å². The van der Waals surface area contributed by atoms with Crippen molar-refractivity contribution in [2.24, 2.45) is 5.92 Å². The lowest BCUT2D eigenvalue weighted by Gasteiger charge is -2.00. The average Bonchev–Trinajstić information content (AvgIpc) is 2.50. The van der Waals surface area contributed by atoms with Gasteiger partial charge in [0, 0.05) is 19.2 Å². The van der Waals surface area contributed by atoms with Gasteiger partial charge >= 0.3 is 0 Å². The summed E-state index contributed by atoms with van der Waals surface area (Å²) in [6.07, 6.45) is 4.06. The van der Waals surface area contributed by atoms with Crippen molar-refractivity contribution in [1.82, 2.24) is 9.78 Å². The first-order chi connectivity index (χ1) is 6.13. The Morgan fingerprint density at radius 1 is 1.62 bits per heavy atom. The van der Waals surface area contributed by atoms with Crippen LogP contribution in [0.5, 0.6) is 0 Å². The molecule has 3 heteroatoms. The third-order valence-electron chi connectivity index (χ3n) is 1.87. The van der Waals surface area contributed by atoms with E-state index in [1.54, 1.807) is 10.9 Å². The smallest absolute Gasteiger partial charge is 0.166 e. The first kappa shape index (κ1) is 9.96. The molecule has 0 saturated carbocycles. The van der Waals surface area contributed by atoms with E-state index >= 15 is 0 Å². The van der Waals surface area contributed by atoms with Crippen LogP contribution in [0.4, 0.5) is 0 Å². The zero-order valence-corrected chi connectivity index (χ0v) is 8.45. The van der Waals surface area contributed by atoms with Gasteiger partial charge < -0.3 is 0 Å². The molecule has 0 spiro atoms. The Kier molecular flexibility index (Phi) is 3.23. The molecule has 0 radical (unpaired) electrons. The Labute approximate surface area is 78.8 Å². The molecule has 0 bridgehead atoms. The van der Waals surface area contributed by atoms with Crippen molar-refractivity contribution in [3.05, 3.63) is 18.0 Å². The molecule has 0 N–H and O–H groups in total. The molecule has 1 aromatic rings. The summed E-state index contributed by atoms with van der Waals surface area (Å²) in [4.78, 5) is 11.5. The second-order valence-electron chi connectivity index (χ2n) is 3.61. The van der Waals surface area contributed by atoms with Gasteiger partial charge in [-0.3, -0.25) is 9.48 Å². The highest BCUT2D eigenvalue weighted by molar-refractivity contribution is 5.95. The van der Waals surface area contributed by atoms with Gasteiger partial charge in [0.15, 0.2) is 5.78 Å². The lowest BCUT2D eigenvalue weighted by Crippen LogP contribution is -2.02. The molecule has 0 fully saturated rings. The molecule has 0 unspecified atom stereocenters. The molecule has 0 aliphatic carbocycles. The summed E-state index contributed by atoms with van der Waals surface area (Å²) in [5, 5.41) is 4.06. The van der Waals surface area contributed by atoms with Crippen molar-refractivity contribution in [3.8, 4) is 0 Å². The first-order valence-electron chi connectivity index (χ1n) is 4.69. The van der Waals surface area contributed by atoms with Crippen LogP contribution in [-0.4, -0.2) is 15.6 Å². The van der Waals surface area contributed by atoms with E-state index in [-0.39, 0.29) is 5.78 Å².